The number of sulfone groups is 1. The zero-order valence-corrected chi connectivity index (χ0v) is 11.9. The largest absolute Gasteiger partial charge is 0.330 e. The third-order valence-electron chi connectivity index (χ3n) is 3.71. The lowest BCUT2D eigenvalue weighted by Gasteiger charge is -2.30. The highest BCUT2D eigenvalue weighted by Crippen LogP contribution is 2.28. The smallest absolute Gasteiger partial charge is 0.148 e. The summed E-state index contributed by atoms with van der Waals surface area (Å²) in [5.41, 5.74) is 5.67. The molecule has 0 saturated heterocycles. The van der Waals surface area contributed by atoms with E-state index in [1.807, 2.05) is 7.05 Å². The van der Waals surface area contributed by atoms with E-state index >= 15 is 0 Å². The first-order valence-corrected chi connectivity index (χ1v) is 8.53. The Morgan fingerprint density at radius 2 is 1.71 bits per heavy atom. The van der Waals surface area contributed by atoms with Gasteiger partial charge in [0.25, 0.3) is 0 Å². The summed E-state index contributed by atoms with van der Waals surface area (Å²) in [7, 11) is -0.817. The van der Waals surface area contributed by atoms with Crippen LogP contribution in [0.4, 0.5) is 0 Å². The first kappa shape index (κ1) is 14.9. The summed E-state index contributed by atoms with van der Waals surface area (Å²) in [4.78, 5) is 2.15. The molecular weight excluding hydrogens is 236 g/mol. The first-order valence-electron chi connectivity index (χ1n) is 6.47. The summed E-state index contributed by atoms with van der Waals surface area (Å²) in [6.07, 6.45) is 6.26. The SMILES string of the molecule is CN(CCS(C)(=O)=O)CC1CCC(CN)CC1. The molecule has 0 unspecified atom stereocenters. The van der Waals surface area contributed by atoms with Gasteiger partial charge in [-0.05, 0) is 51.1 Å². The fourth-order valence-corrected chi connectivity index (χ4v) is 3.15. The Hall–Kier alpha value is -0.130. The molecule has 0 bridgehead atoms. The maximum atomic E-state index is 11.1. The van der Waals surface area contributed by atoms with Crippen molar-refractivity contribution in [2.75, 3.05) is 38.7 Å². The first-order chi connectivity index (χ1) is 7.90. The summed E-state index contributed by atoms with van der Waals surface area (Å²) in [6, 6.07) is 0. The molecule has 1 rings (SSSR count). The van der Waals surface area contributed by atoms with Gasteiger partial charge < -0.3 is 10.6 Å². The van der Waals surface area contributed by atoms with E-state index in [9.17, 15) is 8.42 Å². The molecule has 5 heteroatoms. The van der Waals surface area contributed by atoms with Crippen LogP contribution in [0.5, 0.6) is 0 Å². The van der Waals surface area contributed by atoms with Crippen molar-refractivity contribution in [3.63, 3.8) is 0 Å². The Morgan fingerprint density at radius 1 is 1.18 bits per heavy atom. The van der Waals surface area contributed by atoms with Gasteiger partial charge in [-0.3, -0.25) is 0 Å². The van der Waals surface area contributed by atoms with E-state index < -0.39 is 9.84 Å². The second-order valence-electron chi connectivity index (χ2n) is 5.51. The van der Waals surface area contributed by atoms with E-state index in [1.165, 1.54) is 31.9 Å². The van der Waals surface area contributed by atoms with Crippen LogP contribution in [-0.2, 0) is 9.84 Å². The molecule has 1 aliphatic carbocycles. The van der Waals surface area contributed by atoms with Crippen LogP contribution < -0.4 is 5.73 Å². The number of rotatable bonds is 6. The Morgan fingerprint density at radius 3 is 2.18 bits per heavy atom. The van der Waals surface area contributed by atoms with E-state index in [-0.39, 0.29) is 5.75 Å². The van der Waals surface area contributed by atoms with Crippen LogP contribution in [0.15, 0.2) is 0 Å². The zero-order valence-electron chi connectivity index (χ0n) is 11.1. The quantitative estimate of drug-likeness (QED) is 0.766. The summed E-state index contributed by atoms with van der Waals surface area (Å²) >= 11 is 0. The molecule has 0 heterocycles. The van der Waals surface area contributed by atoms with E-state index in [0.717, 1.165) is 19.0 Å². The van der Waals surface area contributed by atoms with E-state index in [0.29, 0.717) is 12.5 Å². The normalized spacial score (nSPS) is 26.4. The monoisotopic (exact) mass is 262 g/mol. The third kappa shape index (κ3) is 6.38. The van der Waals surface area contributed by atoms with Crippen molar-refractivity contribution in [1.29, 1.82) is 0 Å². The highest BCUT2D eigenvalue weighted by Gasteiger charge is 2.21. The summed E-state index contributed by atoms with van der Waals surface area (Å²) in [5.74, 6) is 1.71. The van der Waals surface area contributed by atoms with Gasteiger partial charge >= 0.3 is 0 Å². The lowest BCUT2D eigenvalue weighted by molar-refractivity contribution is 0.211. The van der Waals surface area contributed by atoms with Crippen LogP contribution in [-0.4, -0.2) is 52.0 Å². The maximum absolute atomic E-state index is 11.1. The molecule has 0 aromatic heterocycles. The van der Waals surface area contributed by atoms with Crippen LogP contribution in [0.25, 0.3) is 0 Å². The second kappa shape index (κ2) is 6.71. The average molecular weight is 262 g/mol. The summed E-state index contributed by atoms with van der Waals surface area (Å²) < 4.78 is 22.1. The Labute approximate surface area is 105 Å². The highest BCUT2D eigenvalue weighted by molar-refractivity contribution is 7.90. The van der Waals surface area contributed by atoms with Crippen molar-refractivity contribution >= 4 is 9.84 Å². The van der Waals surface area contributed by atoms with Crippen molar-refractivity contribution in [2.24, 2.45) is 17.6 Å². The molecule has 1 aliphatic rings. The van der Waals surface area contributed by atoms with Crippen LogP contribution in [0.3, 0.4) is 0 Å². The molecule has 0 radical (unpaired) electrons. The van der Waals surface area contributed by atoms with E-state index in [2.05, 4.69) is 4.90 Å². The molecular formula is C12H26N2O2S. The fourth-order valence-electron chi connectivity index (χ4n) is 2.50. The maximum Gasteiger partial charge on any atom is 0.148 e. The van der Waals surface area contributed by atoms with Crippen molar-refractivity contribution in [3.8, 4) is 0 Å². The molecule has 2 N–H and O–H groups in total. The molecule has 0 aromatic carbocycles. The van der Waals surface area contributed by atoms with Gasteiger partial charge in [0.2, 0.25) is 0 Å². The molecule has 0 aliphatic heterocycles. The minimum absolute atomic E-state index is 0.266. The van der Waals surface area contributed by atoms with Gasteiger partial charge in [-0.2, -0.15) is 0 Å². The standard InChI is InChI=1S/C12H26N2O2S/c1-14(7-8-17(2,15)16)10-12-5-3-11(9-13)4-6-12/h11-12H,3-10,13H2,1-2H3. The molecule has 0 spiro atoms. The molecule has 1 fully saturated rings. The second-order valence-corrected chi connectivity index (χ2v) is 7.77. The molecule has 17 heavy (non-hydrogen) atoms. The molecule has 1 saturated carbocycles. The fraction of sp³-hybridized carbons (Fsp3) is 1.00. The minimum atomic E-state index is -2.83. The number of hydrogen-bond acceptors (Lipinski definition) is 4. The van der Waals surface area contributed by atoms with Crippen molar-refractivity contribution < 1.29 is 8.42 Å². The predicted octanol–water partition coefficient (Wildman–Crippen LogP) is 0.728. The minimum Gasteiger partial charge on any atom is -0.330 e. The van der Waals surface area contributed by atoms with E-state index in [4.69, 9.17) is 5.73 Å². The van der Waals surface area contributed by atoms with Gasteiger partial charge in [-0.15, -0.1) is 0 Å². The third-order valence-corrected chi connectivity index (χ3v) is 4.64. The predicted molar refractivity (Wildman–Crippen MR) is 71.7 cm³/mol. The van der Waals surface area contributed by atoms with Gasteiger partial charge in [0, 0.05) is 19.3 Å². The molecule has 0 atom stereocenters. The van der Waals surface area contributed by atoms with Gasteiger partial charge in [0.15, 0.2) is 0 Å². The van der Waals surface area contributed by atoms with Gasteiger partial charge in [-0.1, -0.05) is 0 Å². The van der Waals surface area contributed by atoms with Crippen LogP contribution in [0.2, 0.25) is 0 Å². The van der Waals surface area contributed by atoms with Crippen molar-refractivity contribution in [3.05, 3.63) is 0 Å². The van der Waals surface area contributed by atoms with Crippen molar-refractivity contribution in [2.45, 2.75) is 25.7 Å². The Kier molecular flexibility index (Phi) is 5.89. The van der Waals surface area contributed by atoms with Gasteiger partial charge in [-0.25, -0.2) is 8.42 Å². The van der Waals surface area contributed by atoms with Crippen LogP contribution in [0.1, 0.15) is 25.7 Å². The molecule has 0 aromatic rings. The van der Waals surface area contributed by atoms with Gasteiger partial charge in [0.05, 0.1) is 5.75 Å². The van der Waals surface area contributed by atoms with Crippen LogP contribution >= 0.6 is 0 Å². The Balaban J connectivity index is 2.21. The highest BCUT2D eigenvalue weighted by atomic mass is 32.2. The lowest BCUT2D eigenvalue weighted by Crippen LogP contribution is -2.32. The number of nitrogens with zero attached hydrogens (tertiary/aromatic N) is 1. The Bertz CT molecular complexity index is 308. The topological polar surface area (TPSA) is 63.4 Å². The van der Waals surface area contributed by atoms with Gasteiger partial charge in [0.1, 0.15) is 9.84 Å². The molecule has 0 amide bonds. The van der Waals surface area contributed by atoms with E-state index in [1.54, 1.807) is 0 Å². The van der Waals surface area contributed by atoms with Crippen molar-refractivity contribution in [1.82, 2.24) is 4.90 Å². The number of hydrogen-bond donors (Lipinski definition) is 1. The lowest BCUT2D eigenvalue weighted by atomic mass is 9.82. The summed E-state index contributed by atoms with van der Waals surface area (Å²) in [6.45, 7) is 2.49. The van der Waals surface area contributed by atoms with Crippen LogP contribution in [0, 0.1) is 11.8 Å². The number of nitrogens with two attached hydrogens (primary N) is 1. The zero-order chi connectivity index (χ0) is 12.9. The average Bonchev–Trinajstić information content (AvgIpc) is 2.27. The molecule has 4 nitrogen and oxygen atoms in total. The summed E-state index contributed by atoms with van der Waals surface area (Å²) in [5, 5.41) is 0. The molecule has 102 valence electrons.